The molecule has 1 amide bonds. The summed E-state index contributed by atoms with van der Waals surface area (Å²) in [5.74, 6) is 0.441. The Hall–Kier alpha value is -0.640. The van der Waals surface area contributed by atoms with Gasteiger partial charge in [0, 0.05) is 32.6 Å². The van der Waals surface area contributed by atoms with Gasteiger partial charge in [0.1, 0.15) is 6.17 Å². The highest BCUT2D eigenvalue weighted by Gasteiger charge is 2.23. The molecule has 4 heteroatoms. The standard InChI is InChI=1S/C12H23FN2O/c1-9(2)12(14-10(3)16)5-7-15-6-4-11(13)8-15/h9,11-12H,4-8H2,1-3H3,(H,14,16)/t11-,12?/m0/s1. The van der Waals surface area contributed by atoms with Crippen LogP contribution in [-0.2, 0) is 4.79 Å². The van der Waals surface area contributed by atoms with Crippen LogP contribution in [0.4, 0.5) is 4.39 Å². The molecule has 0 spiro atoms. The molecule has 1 aliphatic rings. The minimum Gasteiger partial charge on any atom is -0.353 e. The van der Waals surface area contributed by atoms with Crippen LogP contribution >= 0.6 is 0 Å². The number of nitrogens with one attached hydrogen (secondary N) is 1. The second-order valence-corrected chi connectivity index (χ2v) is 5.03. The lowest BCUT2D eigenvalue weighted by Gasteiger charge is -2.24. The van der Waals surface area contributed by atoms with E-state index in [9.17, 15) is 9.18 Å². The first-order valence-electron chi connectivity index (χ1n) is 6.12. The Labute approximate surface area is 97.4 Å². The highest BCUT2D eigenvalue weighted by molar-refractivity contribution is 5.73. The first kappa shape index (κ1) is 13.4. The number of amides is 1. The monoisotopic (exact) mass is 230 g/mol. The van der Waals surface area contributed by atoms with Gasteiger partial charge in [-0.3, -0.25) is 4.79 Å². The number of carbonyl (C=O) groups excluding carboxylic acids is 1. The van der Waals surface area contributed by atoms with Crippen molar-refractivity contribution in [3.8, 4) is 0 Å². The van der Waals surface area contributed by atoms with Crippen LogP contribution in [0.15, 0.2) is 0 Å². The zero-order valence-corrected chi connectivity index (χ0v) is 10.5. The molecule has 1 heterocycles. The Morgan fingerprint density at radius 2 is 2.25 bits per heavy atom. The molecule has 0 aromatic carbocycles. The Morgan fingerprint density at radius 1 is 1.56 bits per heavy atom. The number of likely N-dealkylation sites (tertiary alicyclic amines) is 1. The van der Waals surface area contributed by atoms with Crippen LogP contribution in [0.25, 0.3) is 0 Å². The summed E-state index contributed by atoms with van der Waals surface area (Å²) in [6.07, 6.45) is 0.912. The average Bonchev–Trinajstić information content (AvgIpc) is 2.58. The van der Waals surface area contributed by atoms with Crippen LogP contribution in [-0.4, -0.2) is 42.7 Å². The molecule has 3 nitrogen and oxygen atoms in total. The summed E-state index contributed by atoms with van der Waals surface area (Å²) < 4.78 is 13.0. The van der Waals surface area contributed by atoms with Gasteiger partial charge in [0.25, 0.3) is 0 Å². The summed E-state index contributed by atoms with van der Waals surface area (Å²) >= 11 is 0. The van der Waals surface area contributed by atoms with Gasteiger partial charge in [0.15, 0.2) is 0 Å². The lowest BCUT2D eigenvalue weighted by Crippen LogP contribution is -2.39. The van der Waals surface area contributed by atoms with Crippen molar-refractivity contribution in [2.75, 3.05) is 19.6 Å². The third-order valence-electron chi connectivity index (χ3n) is 3.16. The second-order valence-electron chi connectivity index (χ2n) is 5.03. The Bertz CT molecular complexity index is 233. The number of alkyl halides is 1. The summed E-state index contributed by atoms with van der Waals surface area (Å²) in [5.41, 5.74) is 0. The van der Waals surface area contributed by atoms with Gasteiger partial charge in [-0.2, -0.15) is 0 Å². The summed E-state index contributed by atoms with van der Waals surface area (Å²) in [5, 5.41) is 2.96. The van der Waals surface area contributed by atoms with Gasteiger partial charge >= 0.3 is 0 Å². The fourth-order valence-corrected chi connectivity index (χ4v) is 2.14. The molecule has 0 aromatic heterocycles. The topological polar surface area (TPSA) is 32.3 Å². The lowest BCUT2D eigenvalue weighted by molar-refractivity contribution is -0.120. The highest BCUT2D eigenvalue weighted by Crippen LogP contribution is 2.14. The number of hydrogen-bond acceptors (Lipinski definition) is 2. The first-order chi connectivity index (χ1) is 7.49. The fraction of sp³-hybridized carbons (Fsp3) is 0.917. The Kier molecular flexibility index (Phi) is 5.19. The van der Waals surface area contributed by atoms with Gasteiger partial charge in [-0.25, -0.2) is 4.39 Å². The summed E-state index contributed by atoms with van der Waals surface area (Å²) in [7, 11) is 0. The molecule has 1 unspecified atom stereocenters. The number of hydrogen-bond donors (Lipinski definition) is 1. The largest absolute Gasteiger partial charge is 0.353 e. The molecule has 1 rings (SSSR count). The van der Waals surface area contributed by atoms with Crippen molar-refractivity contribution in [1.82, 2.24) is 10.2 Å². The number of nitrogens with zero attached hydrogens (tertiary/aromatic N) is 1. The highest BCUT2D eigenvalue weighted by atomic mass is 19.1. The van der Waals surface area contributed by atoms with Crippen LogP contribution in [0.2, 0.25) is 0 Å². The minimum atomic E-state index is -0.654. The summed E-state index contributed by atoms with van der Waals surface area (Å²) in [6, 6.07) is 0.205. The van der Waals surface area contributed by atoms with Crippen LogP contribution < -0.4 is 5.32 Å². The van der Waals surface area contributed by atoms with E-state index < -0.39 is 6.17 Å². The van der Waals surface area contributed by atoms with Crippen LogP contribution in [0.5, 0.6) is 0 Å². The molecular weight excluding hydrogens is 207 g/mol. The number of rotatable bonds is 5. The van der Waals surface area contributed by atoms with E-state index in [4.69, 9.17) is 0 Å². The van der Waals surface area contributed by atoms with Crippen molar-refractivity contribution in [2.24, 2.45) is 5.92 Å². The molecule has 1 fully saturated rings. The molecule has 1 saturated heterocycles. The average molecular weight is 230 g/mol. The van der Waals surface area contributed by atoms with Crippen molar-refractivity contribution < 1.29 is 9.18 Å². The zero-order valence-electron chi connectivity index (χ0n) is 10.5. The van der Waals surface area contributed by atoms with Gasteiger partial charge in [-0.05, 0) is 18.8 Å². The van der Waals surface area contributed by atoms with Crippen molar-refractivity contribution in [3.63, 3.8) is 0 Å². The van der Waals surface area contributed by atoms with Crippen molar-refractivity contribution in [3.05, 3.63) is 0 Å². The Balaban J connectivity index is 2.29. The maximum Gasteiger partial charge on any atom is 0.217 e. The van der Waals surface area contributed by atoms with Gasteiger partial charge in [-0.15, -0.1) is 0 Å². The van der Waals surface area contributed by atoms with E-state index in [0.717, 1.165) is 19.5 Å². The molecule has 1 N–H and O–H groups in total. The second kappa shape index (κ2) is 6.18. The van der Waals surface area contributed by atoms with Crippen LogP contribution in [0, 0.1) is 5.92 Å². The quantitative estimate of drug-likeness (QED) is 0.777. The van der Waals surface area contributed by atoms with E-state index in [1.54, 1.807) is 6.92 Å². The molecule has 1 aliphatic heterocycles. The molecule has 94 valence electrons. The first-order valence-corrected chi connectivity index (χ1v) is 6.12. The SMILES string of the molecule is CC(=O)NC(CCN1CC[C@H](F)C1)C(C)C. The maximum absolute atomic E-state index is 13.0. The molecule has 16 heavy (non-hydrogen) atoms. The molecule has 0 aliphatic carbocycles. The van der Waals surface area contributed by atoms with E-state index >= 15 is 0 Å². The van der Waals surface area contributed by atoms with E-state index in [1.807, 2.05) is 0 Å². The van der Waals surface area contributed by atoms with E-state index in [1.165, 1.54) is 0 Å². The molecule has 0 saturated carbocycles. The van der Waals surface area contributed by atoms with E-state index in [-0.39, 0.29) is 11.9 Å². The van der Waals surface area contributed by atoms with Crippen molar-refractivity contribution in [2.45, 2.75) is 45.8 Å². The summed E-state index contributed by atoms with van der Waals surface area (Å²) in [6.45, 7) is 8.04. The molecule has 0 radical (unpaired) electrons. The molecular formula is C12H23FN2O. The molecule has 2 atom stereocenters. The third kappa shape index (κ3) is 4.47. The maximum atomic E-state index is 13.0. The predicted octanol–water partition coefficient (Wildman–Crippen LogP) is 1.58. The lowest BCUT2D eigenvalue weighted by atomic mass is 10.0. The Morgan fingerprint density at radius 3 is 2.69 bits per heavy atom. The number of carbonyl (C=O) groups is 1. The van der Waals surface area contributed by atoms with Crippen LogP contribution in [0.3, 0.4) is 0 Å². The fourth-order valence-electron chi connectivity index (χ4n) is 2.14. The van der Waals surface area contributed by atoms with Crippen LogP contribution in [0.1, 0.15) is 33.6 Å². The minimum absolute atomic E-state index is 0.0171. The van der Waals surface area contributed by atoms with Gasteiger partial charge < -0.3 is 10.2 Å². The van der Waals surface area contributed by atoms with E-state index in [0.29, 0.717) is 18.9 Å². The van der Waals surface area contributed by atoms with Gasteiger partial charge in [0.05, 0.1) is 0 Å². The van der Waals surface area contributed by atoms with Crippen molar-refractivity contribution in [1.29, 1.82) is 0 Å². The van der Waals surface area contributed by atoms with Gasteiger partial charge in [0.2, 0.25) is 5.91 Å². The zero-order chi connectivity index (χ0) is 12.1. The normalized spacial score (nSPS) is 23.7. The molecule has 0 bridgehead atoms. The summed E-state index contributed by atoms with van der Waals surface area (Å²) in [4.78, 5) is 13.2. The molecule has 0 aromatic rings. The predicted molar refractivity (Wildman–Crippen MR) is 63.0 cm³/mol. The van der Waals surface area contributed by atoms with Crippen molar-refractivity contribution >= 4 is 5.91 Å². The number of halogens is 1. The smallest absolute Gasteiger partial charge is 0.217 e. The van der Waals surface area contributed by atoms with E-state index in [2.05, 4.69) is 24.1 Å². The van der Waals surface area contributed by atoms with Gasteiger partial charge in [-0.1, -0.05) is 13.8 Å². The third-order valence-corrected chi connectivity index (χ3v) is 3.16.